The van der Waals surface area contributed by atoms with Crippen LogP contribution in [0.4, 0.5) is 11.6 Å². The summed E-state index contributed by atoms with van der Waals surface area (Å²) >= 11 is 5.72. The number of nitrogens with zero attached hydrogens (tertiary/aromatic N) is 3. The molecule has 2 heterocycles. The standard InChI is InChI=1S/C12H14ClN5O/c1-8(15-11-5-6-18(2)17-11)12(19)16-10-4-3-9(13)7-14-10/h3-8H,1-2H3,(H,15,17)(H,14,16,19). The van der Waals surface area contributed by atoms with Crippen LogP contribution in [-0.4, -0.2) is 26.7 Å². The topological polar surface area (TPSA) is 71.8 Å². The molecule has 0 fully saturated rings. The zero-order valence-electron chi connectivity index (χ0n) is 10.6. The van der Waals surface area contributed by atoms with Crippen LogP contribution in [0.2, 0.25) is 5.02 Å². The van der Waals surface area contributed by atoms with E-state index in [1.165, 1.54) is 6.20 Å². The van der Waals surface area contributed by atoms with Gasteiger partial charge >= 0.3 is 0 Å². The molecule has 0 aromatic carbocycles. The zero-order chi connectivity index (χ0) is 13.8. The number of carbonyl (C=O) groups is 1. The van der Waals surface area contributed by atoms with E-state index < -0.39 is 6.04 Å². The van der Waals surface area contributed by atoms with E-state index in [0.717, 1.165) is 0 Å². The molecule has 19 heavy (non-hydrogen) atoms. The molecule has 0 bridgehead atoms. The fraction of sp³-hybridized carbons (Fsp3) is 0.250. The molecule has 0 saturated heterocycles. The Morgan fingerprint density at radius 2 is 2.16 bits per heavy atom. The molecule has 2 N–H and O–H groups in total. The van der Waals surface area contributed by atoms with Crippen LogP contribution in [0.5, 0.6) is 0 Å². The third-order valence-electron chi connectivity index (χ3n) is 2.45. The second kappa shape index (κ2) is 5.71. The van der Waals surface area contributed by atoms with Gasteiger partial charge in [0.05, 0.1) is 5.02 Å². The number of anilines is 2. The lowest BCUT2D eigenvalue weighted by atomic mass is 10.3. The molecule has 0 aliphatic heterocycles. The number of aryl methyl sites for hydroxylation is 1. The Kier molecular flexibility index (Phi) is 4.01. The minimum atomic E-state index is -0.424. The van der Waals surface area contributed by atoms with Crippen LogP contribution in [0.3, 0.4) is 0 Å². The number of rotatable bonds is 4. The molecular formula is C12H14ClN5O. The third-order valence-corrected chi connectivity index (χ3v) is 2.67. The lowest BCUT2D eigenvalue weighted by molar-refractivity contribution is -0.116. The molecule has 0 saturated carbocycles. The quantitative estimate of drug-likeness (QED) is 0.897. The van der Waals surface area contributed by atoms with Gasteiger partial charge in [-0.25, -0.2) is 4.98 Å². The molecule has 6 nitrogen and oxygen atoms in total. The Labute approximate surface area is 115 Å². The van der Waals surface area contributed by atoms with E-state index in [2.05, 4.69) is 20.7 Å². The molecule has 2 aromatic heterocycles. The maximum absolute atomic E-state index is 11.9. The maximum atomic E-state index is 11.9. The van der Waals surface area contributed by atoms with Crippen molar-refractivity contribution >= 4 is 29.1 Å². The van der Waals surface area contributed by atoms with Crippen LogP contribution >= 0.6 is 11.6 Å². The van der Waals surface area contributed by atoms with Crippen molar-refractivity contribution in [3.05, 3.63) is 35.6 Å². The van der Waals surface area contributed by atoms with Crippen molar-refractivity contribution in [1.82, 2.24) is 14.8 Å². The number of carbonyl (C=O) groups excluding carboxylic acids is 1. The van der Waals surface area contributed by atoms with Gasteiger partial charge in [-0.2, -0.15) is 5.10 Å². The van der Waals surface area contributed by atoms with Gasteiger partial charge in [0.15, 0.2) is 0 Å². The first-order valence-electron chi connectivity index (χ1n) is 5.73. The van der Waals surface area contributed by atoms with E-state index in [4.69, 9.17) is 11.6 Å². The van der Waals surface area contributed by atoms with Gasteiger partial charge in [-0.15, -0.1) is 0 Å². The Hall–Kier alpha value is -2.08. The van der Waals surface area contributed by atoms with Gasteiger partial charge < -0.3 is 10.6 Å². The number of hydrogen-bond donors (Lipinski definition) is 2. The predicted octanol–water partition coefficient (Wildman–Crippen LogP) is 1.91. The van der Waals surface area contributed by atoms with Crippen LogP contribution in [0.25, 0.3) is 0 Å². The summed E-state index contributed by atoms with van der Waals surface area (Å²) in [5.41, 5.74) is 0. The Bertz CT molecular complexity index is 566. The molecule has 1 unspecified atom stereocenters. The molecule has 1 atom stereocenters. The van der Waals surface area contributed by atoms with Gasteiger partial charge in [-0.3, -0.25) is 9.48 Å². The molecule has 0 aliphatic carbocycles. The summed E-state index contributed by atoms with van der Waals surface area (Å²) in [7, 11) is 1.81. The highest BCUT2D eigenvalue weighted by atomic mass is 35.5. The molecule has 0 spiro atoms. The average Bonchev–Trinajstić information content (AvgIpc) is 2.77. The van der Waals surface area contributed by atoms with E-state index in [-0.39, 0.29) is 5.91 Å². The van der Waals surface area contributed by atoms with E-state index in [0.29, 0.717) is 16.7 Å². The molecule has 1 amide bonds. The van der Waals surface area contributed by atoms with Gasteiger partial charge in [-0.1, -0.05) is 11.6 Å². The minimum Gasteiger partial charge on any atom is -0.357 e. The zero-order valence-corrected chi connectivity index (χ0v) is 11.3. The van der Waals surface area contributed by atoms with Gasteiger partial charge in [0.2, 0.25) is 5.91 Å². The minimum absolute atomic E-state index is 0.194. The van der Waals surface area contributed by atoms with E-state index in [1.54, 1.807) is 36.0 Å². The van der Waals surface area contributed by atoms with E-state index >= 15 is 0 Å². The second-order valence-electron chi connectivity index (χ2n) is 4.09. The van der Waals surface area contributed by atoms with Gasteiger partial charge in [0.1, 0.15) is 17.7 Å². The number of hydrogen-bond acceptors (Lipinski definition) is 4. The highest BCUT2D eigenvalue weighted by Crippen LogP contribution is 2.10. The second-order valence-corrected chi connectivity index (χ2v) is 4.53. The van der Waals surface area contributed by atoms with Crippen molar-refractivity contribution in [3.8, 4) is 0 Å². The summed E-state index contributed by atoms with van der Waals surface area (Å²) in [5, 5.41) is 10.4. The predicted molar refractivity (Wildman–Crippen MR) is 74.2 cm³/mol. The van der Waals surface area contributed by atoms with Crippen LogP contribution in [-0.2, 0) is 11.8 Å². The van der Waals surface area contributed by atoms with Crippen LogP contribution in [0.1, 0.15) is 6.92 Å². The van der Waals surface area contributed by atoms with E-state index in [1.807, 2.05) is 7.05 Å². The number of halogens is 1. The third kappa shape index (κ3) is 3.69. The fourth-order valence-corrected chi connectivity index (χ4v) is 1.58. The normalized spacial score (nSPS) is 11.9. The van der Waals surface area contributed by atoms with Crippen LogP contribution < -0.4 is 10.6 Å². The van der Waals surface area contributed by atoms with Crippen molar-refractivity contribution < 1.29 is 4.79 Å². The van der Waals surface area contributed by atoms with Gasteiger partial charge in [0.25, 0.3) is 0 Å². The fourth-order valence-electron chi connectivity index (χ4n) is 1.46. The van der Waals surface area contributed by atoms with E-state index in [9.17, 15) is 4.79 Å². The summed E-state index contributed by atoms with van der Waals surface area (Å²) in [6, 6.07) is 4.69. The molecule has 2 rings (SSSR count). The largest absolute Gasteiger partial charge is 0.357 e. The van der Waals surface area contributed by atoms with Crippen molar-refractivity contribution in [1.29, 1.82) is 0 Å². The van der Waals surface area contributed by atoms with Crippen molar-refractivity contribution in [3.63, 3.8) is 0 Å². The maximum Gasteiger partial charge on any atom is 0.247 e. The van der Waals surface area contributed by atoms with Crippen molar-refractivity contribution in [2.45, 2.75) is 13.0 Å². The van der Waals surface area contributed by atoms with Gasteiger partial charge in [0, 0.05) is 25.5 Å². The summed E-state index contributed by atoms with van der Waals surface area (Å²) in [6.45, 7) is 1.75. The average molecular weight is 280 g/mol. The summed E-state index contributed by atoms with van der Waals surface area (Å²) < 4.78 is 1.66. The van der Waals surface area contributed by atoms with Crippen LogP contribution in [0, 0.1) is 0 Å². The first kappa shape index (κ1) is 13.4. The highest BCUT2D eigenvalue weighted by molar-refractivity contribution is 6.30. The number of pyridine rings is 1. The number of aromatic nitrogens is 3. The SMILES string of the molecule is CC(Nc1ccn(C)n1)C(=O)Nc1ccc(Cl)cn1. The lowest BCUT2D eigenvalue weighted by Crippen LogP contribution is -2.32. The molecule has 0 aliphatic rings. The highest BCUT2D eigenvalue weighted by Gasteiger charge is 2.14. The monoisotopic (exact) mass is 279 g/mol. The first-order valence-corrected chi connectivity index (χ1v) is 6.11. The molecule has 100 valence electrons. The molecule has 2 aromatic rings. The number of amides is 1. The van der Waals surface area contributed by atoms with Gasteiger partial charge in [-0.05, 0) is 19.1 Å². The van der Waals surface area contributed by atoms with Crippen molar-refractivity contribution in [2.75, 3.05) is 10.6 Å². The van der Waals surface area contributed by atoms with Crippen LogP contribution in [0.15, 0.2) is 30.6 Å². The number of nitrogens with one attached hydrogen (secondary N) is 2. The Balaban J connectivity index is 1.94. The summed E-state index contributed by atoms with van der Waals surface area (Å²) in [5.74, 6) is 0.916. The Morgan fingerprint density at radius 3 is 2.74 bits per heavy atom. The van der Waals surface area contributed by atoms with Crippen molar-refractivity contribution in [2.24, 2.45) is 7.05 Å². The summed E-state index contributed by atoms with van der Waals surface area (Å²) in [6.07, 6.45) is 3.28. The Morgan fingerprint density at radius 1 is 1.37 bits per heavy atom. The smallest absolute Gasteiger partial charge is 0.247 e. The molecular weight excluding hydrogens is 266 g/mol. The lowest BCUT2D eigenvalue weighted by Gasteiger charge is -2.12. The first-order chi connectivity index (χ1) is 9.04. The molecule has 0 radical (unpaired) electrons. The molecule has 7 heteroatoms. The summed E-state index contributed by atoms with van der Waals surface area (Å²) in [4.78, 5) is 15.9.